The summed E-state index contributed by atoms with van der Waals surface area (Å²) in [4.78, 5) is 17.5. The van der Waals surface area contributed by atoms with Crippen LogP contribution in [0.1, 0.15) is 181 Å². The van der Waals surface area contributed by atoms with Crippen LogP contribution in [0.3, 0.4) is 0 Å². The Balaban J connectivity index is 2.22. The molecule has 0 amide bonds. The van der Waals surface area contributed by atoms with Gasteiger partial charge < -0.3 is 14.9 Å². The largest absolute Gasteiger partial charge is 0.534 e. The Morgan fingerprint density at radius 1 is 0.562 bits per heavy atom. The van der Waals surface area contributed by atoms with Gasteiger partial charge in [0.15, 0.2) is 0 Å². The monoisotopic (exact) mass is 670 g/mol. The van der Waals surface area contributed by atoms with E-state index in [4.69, 9.17) is 9.57 Å². The highest BCUT2D eigenvalue weighted by molar-refractivity contribution is 5.60. The molecular weight excluding hydrogens is 598 g/mol. The number of nitrogens with zero attached hydrogens (tertiary/aromatic N) is 1. The highest BCUT2D eigenvalue weighted by atomic mass is 16.8. The Labute approximate surface area is 294 Å². The molecule has 274 valence electrons. The highest BCUT2D eigenvalue weighted by Crippen LogP contribution is 2.21. The Kier molecular flexibility index (Phi) is 29.3. The van der Waals surface area contributed by atoms with Crippen LogP contribution in [0, 0.1) is 0 Å². The van der Waals surface area contributed by atoms with Gasteiger partial charge in [-0.3, -0.25) is 4.84 Å². The maximum atomic E-state index is 12.5. The molecule has 2 N–H and O–H groups in total. The molecule has 0 aromatic carbocycles. The molecule has 0 bridgehead atoms. The lowest BCUT2D eigenvalue weighted by Crippen LogP contribution is -2.26. The number of unbranched alkanes of at least 4 members (excludes halogenated alkanes) is 18. The standard InChI is InChI=1S/C42H71NO5/c1-3-5-7-9-11-13-15-17-19-21-23-25-27-29-31-33-35-39(47-42(46)48-43-40(44)37-38-41(43)45)36-34-32-30-28-26-24-22-20-18-16-14-12-10-8-6-4-2/h11-14,17-20,37-39,44-45H,3-10,15-16,21-36H2,1-2H3. The summed E-state index contributed by atoms with van der Waals surface area (Å²) in [6.45, 7) is 4.49. The van der Waals surface area contributed by atoms with E-state index >= 15 is 0 Å². The van der Waals surface area contributed by atoms with Crippen molar-refractivity contribution in [3.05, 3.63) is 60.7 Å². The summed E-state index contributed by atoms with van der Waals surface area (Å²) < 4.78 is 6.33. The molecule has 48 heavy (non-hydrogen) atoms. The van der Waals surface area contributed by atoms with Gasteiger partial charge in [-0.15, -0.1) is 4.73 Å². The van der Waals surface area contributed by atoms with Crippen molar-refractivity contribution in [3.63, 3.8) is 0 Å². The lowest BCUT2D eigenvalue weighted by atomic mass is 10.0. The second kappa shape index (κ2) is 32.6. The fourth-order valence-corrected chi connectivity index (χ4v) is 5.71. The molecule has 6 nitrogen and oxygen atoms in total. The first kappa shape index (κ1) is 43.1. The molecule has 1 aromatic heterocycles. The average molecular weight is 670 g/mol. The minimum Gasteiger partial charge on any atom is -0.492 e. The first-order chi connectivity index (χ1) is 23.6. The predicted molar refractivity (Wildman–Crippen MR) is 203 cm³/mol. The van der Waals surface area contributed by atoms with Crippen molar-refractivity contribution in [1.29, 1.82) is 0 Å². The van der Waals surface area contributed by atoms with Gasteiger partial charge in [-0.05, 0) is 89.9 Å². The van der Waals surface area contributed by atoms with Crippen molar-refractivity contribution in [1.82, 2.24) is 4.73 Å². The van der Waals surface area contributed by atoms with Gasteiger partial charge in [0.25, 0.3) is 0 Å². The quantitative estimate of drug-likeness (QED) is 0.0453. The van der Waals surface area contributed by atoms with Crippen LogP contribution in [0.15, 0.2) is 60.7 Å². The van der Waals surface area contributed by atoms with Crippen LogP contribution in [0.2, 0.25) is 0 Å². The summed E-state index contributed by atoms with van der Waals surface area (Å²) in [5.74, 6) is -0.701. The van der Waals surface area contributed by atoms with Crippen LogP contribution >= 0.6 is 0 Å². The first-order valence-corrected chi connectivity index (χ1v) is 19.7. The maximum absolute atomic E-state index is 12.5. The maximum Gasteiger partial charge on any atom is 0.534 e. The number of aromatic nitrogens is 1. The van der Waals surface area contributed by atoms with Gasteiger partial charge in [0.2, 0.25) is 11.8 Å². The molecule has 0 atom stereocenters. The van der Waals surface area contributed by atoms with E-state index in [-0.39, 0.29) is 17.9 Å². The summed E-state index contributed by atoms with van der Waals surface area (Å²) in [6, 6.07) is 2.52. The molecule has 0 saturated carbocycles. The molecule has 0 aliphatic heterocycles. The van der Waals surface area contributed by atoms with E-state index in [1.165, 1.54) is 115 Å². The molecular formula is C42H71NO5. The van der Waals surface area contributed by atoms with Gasteiger partial charge in [0.1, 0.15) is 6.10 Å². The third-order valence-electron chi connectivity index (χ3n) is 8.68. The Hall–Kier alpha value is -2.89. The number of carbonyl (C=O) groups excluding carboxylic acids is 1. The minimum absolute atomic E-state index is 0.228. The van der Waals surface area contributed by atoms with Crippen molar-refractivity contribution < 1.29 is 24.6 Å². The summed E-state index contributed by atoms with van der Waals surface area (Å²) in [5, 5.41) is 19.6. The van der Waals surface area contributed by atoms with E-state index in [9.17, 15) is 15.0 Å². The molecule has 0 spiro atoms. The molecule has 0 saturated heterocycles. The van der Waals surface area contributed by atoms with Gasteiger partial charge in [-0.2, -0.15) is 0 Å². The fraction of sp³-hybridized carbons (Fsp3) is 0.690. The van der Waals surface area contributed by atoms with Gasteiger partial charge in [-0.1, -0.05) is 140 Å². The van der Waals surface area contributed by atoms with Crippen LogP contribution in [-0.4, -0.2) is 27.2 Å². The van der Waals surface area contributed by atoms with E-state index < -0.39 is 6.16 Å². The number of hydrogen-bond acceptors (Lipinski definition) is 5. The Bertz CT molecular complexity index is 925. The lowest BCUT2D eigenvalue weighted by molar-refractivity contribution is 0.00330. The SMILES string of the molecule is CCCCCC=CCC=CCCCCCCCCC(CCCCCCCCC=CCC=CCCCCC)OC(=O)On1c(O)ccc1O. The van der Waals surface area contributed by atoms with Crippen molar-refractivity contribution in [2.45, 2.75) is 187 Å². The van der Waals surface area contributed by atoms with E-state index in [2.05, 4.69) is 62.5 Å². The number of ether oxygens (including phenoxy) is 1. The van der Waals surface area contributed by atoms with Crippen LogP contribution in [0.4, 0.5) is 4.79 Å². The highest BCUT2D eigenvalue weighted by Gasteiger charge is 2.19. The summed E-state index contributed by atoms with van der Waals surface area (Å²) >= 11 is 0. The fourth-order valence-electron chi connectivity index (χ4n) is 5.71. The third-order valence-corrected chi connectivity index (χ3v) is 8.68. The van der Waals surface area contributed by atoms with Gasteiger partial charge in [0.05, 0.1) is 0 Å². The second-order valence-electron chi connectivity index (χ2n) is 13.2. The van der Waals surface area contributed by atoms with E-state index in [0.717, 1.165) is 64.2 Å². The molecule has 0 fully saturated rings. The zero-order valence-corrected chi connectivity index (χ0v) is 30.8. The molecule has 0 aliphatic carbocycles. The number of hydrogen-bond donors (Lipinski definition) is 2. The molecule has 0 aliphatic rings. The number of carbonyl (C=O) groups is 1. The van der Waals surface area contributed by atoms with E-state index in [1.807, 2.05) is 0 Å². The second-order valence-corrected chi connectivity index (χ2v) is 13.2. The number of aromatic hydroxyl groups is 2. The van der Waals surface area contributed by atoms with Gasteiger partial charge in [0, 0.05) is 12.1 Å². The third kappa shape index (κ3) is 26.1. The minimum atomic E-state index is -0.901. The van der Waals surface area contributed by atoms with Gasteiger partial charge in [-0.25, -0.2) is 4.79 Å². The van der Waals surface area contributed by atoms with Crippen molar-refractivity contribution in [2.75, 3.05) is 0 Å². The number of allylic oxidation sites excluding steroid dienone is 8. The van der Waals surface area contributed by atoms with Crippen LogP contribution in [0.25, 0.3) is 0 Å². The molecule has 1 rings (SSSR count). The molecule has 1 heterocycles. The van der Waals surface area contributed by atoms with Crippen LogP contribution in [0.5, 0.6) is 11.8 Å². The topological polar surface area (TPSA) is 80.9 Å². The zero-order valence-electron chi connectivity index (χ0n) is 30.8. The van der Waals surface area contributed by atoms with Gasteiger partial charge >= 0.3 is 6.16 Å². The Morgan fingerprint density at radius 3 is 1.31 bits per heavy atom. The molecule has 0 radical (unpaired) electrons. The normalized spacial score (nSPS) is 12.7. The molecule has 0 unspecified atom stereocenters. The lowest BCUT2D eigenvalue weighted by Gasteiger charge is -2.18. The summed E-state index contributed by atoms with van der Waals surface area (Å²) in [5.41, 5.74) is 0. The summed E-state index contributed by atoms with van der Waals surface area (Å²) in [7, 11) is 0. The average Bonchev–Trinajstić information content (AvgIpc) is 3.39. The first-order valence-electron chi connectivity index (χ1n) is 19.7. The molecule has 1 aromatic rings. The van der Waals surface area contributed by atoms with Crippen molar-refractivity contribution in [2.24, 2.45) is 0 Å². The van der Waals surface area contributed by atoms with Crippen LogP contribution < -0.4 is 4.84 Å². The smallest absolute Gasteiger partial charge is 0.492 e. The molecule has 6 heteroatoms. The van der Waals surface area contributed by atoms with Crippen molar-refractivity contribution in [3.8, 4) is 11.8 Å². The number of rotatable bonds is 32. The predicted octanol–water partition coefficient (Wildman–Crippen LogP) is 13.2. The van der Waals surface area contributed by atoms with E-state index in [0.29, 0.717) is 4.73 Å². The summed E-state index contributed by atoms with van der Waals surface area (Å²) in [6.07, 6.45) is 47.6. The van der Waals surface area contributed by atoms with Crippen LogP contribution in [-0.2, 0) is 4.74 Å². The van der Waals surface area contributed by atoms with Crippen molar-refractivity contribution >= 4 is 6.16 Å². The van der Waals surface area contributed by atoms with E-state index in [1.54, 1.807) is 0 Å². The zero-order chi connectivity index (χ0) is 34.8. The Morgan fingerprint density at radius 2 is 0.917 bits per heavy atom.